The van der Waals surface area contributed by atoms with Crippen LogP contribution in [0.4, 0.5) is 0 Å². The van der Waals surface area contributed by atoms with Gasteiger partial charge < -0.3 is 0 Å². The van der Waals surface area contributed by atoms with Crippen LogP contribution in [0.25, 0.3) is 0 Å². The number of sulfonamides is 1. The van der Waals surface area contributed by atoms with Gasteiger partial charge in [-0.2, -0.15) is 0 Å². The van der Waals surface area contributed by atoms with Crippen molar-refractivity contribution in [2.24, 2.45) is 11.3 Å². The summed E-state index contributed by atoms with van der Waals surface area (Å²) >= 11 is 3.39. The molecule has 0 spiro atoms. The molecule has 0 amide bonds. The van der Waals surface area contributed by atoms with Gasteiger partial charge in [-0.1, -0.05) is 29.8 Å². The van der Waals surface area contributed by atoms with Gasteiger partial charge in [0.05, 0.1) is 5.75 Å². The van der Waals surface area contributed by atoms with Crippen LogP contribution in [-0.4, -0.2) is 26.0 Å². The molecule has 3 nitrogen and oxygen atoms in total. The lowest BCUT2D eigenvalue weighted by molar-refractivity contribution is 0.332. The van der Waals surface area contributed by atoms with E-state index in [0.29, 0.717) is 18.2 Å². The van der Waals surface area contributed by atoms with Crippen LogP contribution >= 0.6 is 15.9 Å². The quantitative estimate of drug-likeness (QED) is 0.700. The molecule has 0 atom stereocenters. The van der Waals surface area contributed by atoms with Crippen molar-refractivity contribution in [1.29, 1.82) is 0 Å². The van der Waals surface area contributed by atoms with Crippen molar-refractivity contribution in [2.45, 2.75) is 39.5 Å². The Hall–Kier alpha value is 0.390. The fraction of sp³-hybridized carbons (Fsp3) is 1.00. The molecule has 0 saturated heterocycles. The fourth-order valence-corrected chi connectivity index (χ4v) is 3.56. The summed E-state index contributed by atoms with van der Waals surface area (Å²) in [6.45, 7) is 4.76. The van der Waals surface area contributed by atoms with Crippen molar-refractivity contribution in [3.05, 3.63) is 0 Å². The number of hydrogen-bond acceptors (Lipinski definition) is 2. The first kappa shape index (κ1) is 14.5. The summed E-state index contributed by atoms with van der Waals surface area (Å²) in [5.74, 6) is 0.741. The number of nitrogens with one attached hydrogen (secondary N) is 1. The Morgan fingerprint density at radius 1 is 1.38 bits per heavy atom. The lowest BCUT2D eigenvalue weighted by Crippen LogP contribution is -2.35. The van der Waals surface area contributed by atoms with Gasteiger partial charge in [0.2, 0.25) is 10.0 Å². The first-order chi connectivity index (χ1) is 7.35. The van der Waals surface area contributed by atoms with Crippen molar-refractivity contribution in [3.8, 4) is 0 Å². The summed E-state index contributed by atoms with van der Waals surface area (Å²) < 4.78 is 26.1. The van der Waals surface area contributed by atoms with E-state index in [1.54, 1.807) is 0 Å². The largest absolute Gasteiger partial charge is 0.215 e. The Morgan fingerprint density at radius 3 is 2.50 bits per heavy atom. The van der Waals surface area contributed by atoms with Crippen LogP contribution in [0.1, 0.15) is 39.5 Å². The highest BCUT2D eigenvalue weighted by Crippen LogP contribution is 2.30. The van der Waals surface area contributed by atoms with E-state index in [4.69, 9.17) is 0 Å². The number of alkyl halides is 1. The fourth-order valence-electron chi connectivity index (χ4n) is 1.59. The molecular formula is C11H22BrNO2S. The van der Waals surface area contributed by atoms with Crippen LogP contribution in [0.15, 0.2) is 0 Å². The summed E-state index contributed by atoms with van der Waals surface area (Å²) in [6, 6.07) is 0. The van der Waals surface area contributed by atoms with Crippen LogP contribution in [0, 0.1) is 11.3 Å². The summed E-state index contributed by atoms with van der Waals surface area (Å²) in [4.78, 5) is 0. The van der Waals surface area contributed by atoms with E-state index in [0.717, 1.165) is 31.0 Å². The van der Waals surface area contributed by atoms with E-state index >= 15 is 0 Å². The molecule has 0 bridgehead atoms. The van der Waals surface area contributed by atoms with Crippen LogP contribution in [-0.2, 0) is 10.0 Å². The van der Waals surface area contributed by atoms with Gasteiger partial charge in [-0.15, -0.1) is 0 Å². The van der Waals surface area contributed by atoms with Gasteiger partial charge in [-0.05, 0) is 37.0 Å². The minimum absolute atomic E-state index is 0.0460. The van der Waals surface area contributed by atoms with Gasteiger partial charge in [-0.25, -0.2) is 13.1 Å². The minimum atomic E-state index is -3.04. The maximum Gasteiger partial charge on any atom is 0.211 e. The molecule has 1 N–H and O–H groups in total. The Bertz CT molecular complexity index is 310. The second-order valence-corrected chi connectivity index (χ2v) is 8.15. The van der Waals surface area contributed by atoms with Gasteiger partial charge in [0, 0.05) is 11.9 Å². The predicted molar refractivity (Wildman–Crippen MR) is 71.3 cm³/mol. The minimum Gasteiger partial charge on any atom is -0.215 e. The van der Waals surface area contributed by atoms with Crippen molar-refractivity contribution >= 4 is 26.0 Å². The second kappa shape index (κ2) is 5.83. The van der Waals surface area contributed by atoms with Gasteiger partial charge in [0.25, 0.3) is 0 Å². The standard InChI is InChI=1S/C11H22BrNO2S/c1-11(2,6-3-7-12)9-13-16(14,15)8-10-4-5-10/h10,13H,3-9H2,1-2H3. The lowest BCUT2D eigenvalue weighted by atomic mass is 9.88. The second-order valence-electron chi connectivity index (χ2n) is 5.50. The molecule has 0 unspecified atom stereocenters. The Morgan fingerprint density at radius 2 is 2.00 bits per heavy atom. The predicted octanol–water partition coefficient (Wildman–Crippen LogP) is 2.52. The van der Waals surface area contributed by atoms with E-state index in [9.17, 15) is 8.42 Å². The molecule has 0 aliphatic heterocycles. The highest BCUT2D eigenvalue weighted by molar-refractivity contribution is 9.09. The zero-order valence-corrected chi connectivity index (χ0v) is 12.5. The average molecular weight is 312 g/mol. The van der Waals surface area contributed by atoms with Crippen LogP contribution in [0.3, 0.4) is 0 Å². The molecule has 0 heterocycles. The molecule has 96 valence electrons. The van der Waals surface area contributed by atoms with E-state index in [1.807, 2.05) is 0 Å². The van der Waals surface area contributed by atoms with Gasteiger partial charge in [0.1, 0.15) is 0 Å². The topological polar surface area (TPSA) is 46.2 Å². The molecule has 0 radical (unpaired) electrons. The maximum atomic E-state index is 11.7. The molecule has 1 aliphatic carbocycles. The third kappa shape index (κ3) is 6.21. The molecule has 0 aromatic rings. The third-order valence-electron chi connectivity index (χ3n) is 2.91. The SMILES string of the molecule is CC(C)(CCCBr)CNS(=O)(=O)CC1CC1. The van der Waals surface area contributed by atoms with E-state index in [1.165, 1.54) is 0 Å². The summed E-state index contributed by atoms with van der Waals surface area (Å²) in [6.07, 6.45) is 4.27. The first-order valence-corrected chi connectivity index (χ1v) is 8.65. The van der Waals surface area contributed by atoms with Gasteiger partial charge >= 0.3 is 0 Å². The Labute approximate surface area is 108 Å². The van der Waals surface area contributed by atoms with Crippen molar-refractivity contribution < 1.29 is 8.42 Å². The first-order valence-electron chi connectivity index (χ1n) is 5.88. The summed E-state index contributed by atoms with van der Waals surface area (Å²) in [5.41, 5.74) is 0.0460. The van der Waals surface area contributed by atoms with Crippen molar-refractivity contribution in [1.82, 2.24) is 4.72 Å². The Kier molecular flexibility index (Phi) is 5.26. The highest BCUT2D eigenvalue weighted by Gasteiger charge is 2.29. The molecule has 16 heavy (non-hydrogen) atoms. The zero-order valence-electron chi connectivity index (χ0n) is 10.1. The van der Waals surface area contributed by atoms with Crippen molar-refractivity contribution in [2.75, 3.05) is 17.6 Å². The van der Waals surface area contributed by atoms with Gasteiger partial charge in [0.15, 0.2) is 0 Å². The Balaban J connectivity index is 2.30. The molecule has 5 heteroatoms. The maximum absolute atomic E-state index is 11.7. The van der Waals surface area contributed by atoms with E-state index < -0.39 is 10.0 Å². The molecule has 1 rings (SSSR count). The van der Waals surface area contributed by atoms with Crippen LogP contribution in [0.2, 0.25) is 0 Å². The zero-order chi connectivity index (χ0) is 12.2. The number of rotatable bonds is 8. The van der Waals surface area contributed by atoms with E-state index in [-0.39, 0.29) is 5.41 Å². The van der Waals surface area contributed by atoms with Crippen LogP contribution < -0.4 is 4.72 Å². The monoisotopic (exact) mass is 311 g/mol. The third-order valence-corrected chi connectivity index (χ3v) is 4.96. The summed E-state index contributed by atoms with van der Waals surface area (Å²) in [5, 5.41) is 0.977. The number of halogens is 1. The highest BCUT2D eigenvalue weighted by atomic mass is 79.9. The normalized spacial score (nSPS) is 17.7. The molecule has 0 aromatic heterocycles. The van der Waals surface area contributed by atoms with Crippen LogP contribution in [0.5, 0.6) is 0 Å². The lowest BCUT2D eigenvalue weighted by Gasteiger charge is -2.24. The molecule has 1 aliphatic rings. The molecule has 0 aromatic carbocycles. The molecule has 1 saturated carbocycles. The smallest absolute Gasteiger partial charge is 0.211 e. The van der Waals surface area contributed by atoms with Crippen molar-refractivity contribution in [3.63, 3.8) is 0 Å². The average Bonchev–Trinajstić information content (AvgIpc) is 2.95. The van der Waals surface area contributed by atoms with Gasteiger partial charge in [-0.3, -0.25) is 0 Å². The molecule has 1 fully saturated rings. The van der Waals surface area contributed by atoms with E-state index in [2.05, 4.69) is 34.5 Å². The molecular weight excluding hydrogens is 290 g/mol. The summed E-state index contributed by atoms with van der Waals surface area (Å²) in [7, 11) is -3.04. The number of hydrogen-bond donors (Lipinski definition) is 1.